The third-order valence-electron chi connectivity index (χ3n) is 2.40. The molecule has 0 saturated heterocycles. The SMILES string of the molecule is CCCN(CCC#N)S(=O)(=O)c1ccc(F)cc1. The van der Waals surface area contributed by atoms with Gasteiger partial charge >= 0.3 is 0 Å². The number of nitriles is 1. The number of benzene rings is 1. The zero-order valence-electron chi connectivity index (χ0n) is 10.1. The maximum Gasteiger partial charge on any atom is 0.243 e. The molecule has 0 aliphatic heterocycles. The Balaban J connectivity index is 3.01. The molecule has 0 aromatic heterocycles. The van der Waals surface area contributed by atoms with Gasteiger partial charge in [-0.05, 0) is 30.7 Å². The molecule has 1 aromatic rings. The molecule has 0 aliphatic rings. The molecule has 0 atom stereocenters. The third kappa shape index (κ3) is 3.52. The summed E-state index contributed by atoms with van der Waals surface area (Å²) >= 11 is 0. The minimum atomic E-state index is -3.64. The summed E-state index contributed by atoms with van der Waals surface area (Å²) in [5.41, 5.74) is 0. The number of rotatable bonds is 6. The van der Waals surface area contributed by atoms with Gasteiger partial charge in [-0.25, -0.2) is 12.8 Å². The van der Waals surface area contributed by atoms with E-state index >= 15 is 0 Å². The summed E-state index contributed by atoms with van der Waals surface area (Å²) in [6.07, 6.45) is 0.798. The smallest absolute Gasteiger partial charge is 0.207 e. The van der Waals surface area contributed by atoms with E-state index in [4.69, 9.17) is 5.26 Å². The number of sulfonamides is 1. The van der Waals surface area contributed by atoms with Crippen LogP contribution in [0.5, 0.6) is 0 Å². The van der Waals surface area contributed by atoms with E-state index in [1.165, 1.54) is 16.4 Å². The molecule has 0 fully saturated rings. The van der Waals surface area contributed by atoms with Gasteiger partial charge in [0.2, 0.25) is 10.0 Å². The summed E-state index contributed by atoms with van der Waals surface area (Å²) in [7, 11) is -3.64. The van der Waals surface area contributed by atoms with Gasteiger partial charge in [0.25, 0.3) is 0 Å². The molecule has 0 bridgehead atoms. The predicted molar refractivity (Wildman–Crippen MR) is 65.7 cm³/mol. The highest BCUT2D eigenvalue weighted by molar-refractivity contribution is 7.89. The molecule has 98 valence electrons. The van der Waals surface area contributed by atoms with Crippen molar-refractivity contribution in [3.05, 3.63) is 30.1 Å². The molecule has 6 heteroatoms. The van der Waals surface area contributed by atoms with E-state index in [1.54, 1.807) is 0 Å². The maximum absolute atomic E-state index is 12.8. The molecule has 18 heavy (non-hydrogen) atoms. The van der Waals surface area contributed by atoms with Crippen molar-refractivity contribution < 1.29 is 12.8 Å². The highest BCUT2D eigenvalue weighted by Gasteiger charge is 2.23. The number of hydrogen-bond donors (Lipinski definition) is 0. The van der Waals surface area contributed by atoms with Crippen LogP contribution in [0.25, 0.3) is 0 Å². The number of hydrogen-bond acceptors (Lipinski definition) is 3. The molecule has 0 spiro atoms. The standard InChI is InChI=1S/C12H15FN2O2S/c1-2-9-15(10-3-8-14)18(16,17)12-6-4-11(13)5-7-12/h4-7H,2-3,9-10H2,1H3. The summed E-state index contributed by atoms with van der Waals surface area (Å²) in [4.78, 5) is 0.0512. The van der Waals surface area contributed by atoms with Crippen molar-refractivity contribution in [2.75, 3.05) is 13.1 Å². The molecule has 1 rings (SSSR count). The first-order valence-electron chi connectivity index (χ1n) is 5.65. The van der Waals surface area contributed by atoms with Crippen molar-refractivity contribution in [3.63, 3.8) is 0 Å². The Labute approximate surface area is 107 Å². The molecule has 0 heterocycles. The zero-order chi connectivity index (χ0) is 13.6. The van der Waals surface area contributed by atoms with Gasteiger partial charge in [-0.3, -0.25) is 0 Å². The van der Waals surface area contributed by atoms with Crippen molar-refractivity contribution in [1.29, 1.82) is 5.26 Å². The van der Waals surface area contributed by atoms with Crippen LogP contribution in [0.1, 0.15) is 19.8 Å². The van der Waals surface area contributed by atoms with Crippen LogP contribution in [0.15, 0.2) is 29.2 Å². The lowest BCUT2D eigenvalue weighted by molar-refractivity contribution is 0.417. The Bertz CT molecular complexity index is 520. The van der Waals surface area contributed by atoms with Crippen LogP contribution < -0.4 is 0 Å². The fraction of sp³-hybridized carbons (Fsp3) is 0.417. The fourth-order valence-corrected chi connectivity index (χ4v) is 3.06. The summed E-state index contributed by atoms with van der Waals surface area (Å²) < 4.78 is 38.5. The summed E-state index contributed by atoms with van der Waals surface area (Å²) in [6, 6.07) is 6.62. The molecular formula is C12H15FN2O2S. The predicted octanol–water partition coefficient (Wildman–Crippen LogP) is 2.14. The van der Waals surface area contributed by atoms with E-state index in [1.807, 2.05) is 13.0 Å². The van der Waals surface area contributed by atoms with E-state index in [2.05, 4.69) is 0 Å². The topological polar surface area (TPSA) is 61.2 Å². The summed E-state index contributed by atoms with van der Waals surface area (Å²) in [6.45, 7) is 2.37. The van der Waals surface area contributed by atoms with Crippen LogP contribution in [0.4, 0.5) is 4.39 Å². The van der Waals surface area contributed by atoms with E-state index in [0.717, 1.165) is 12.1 Å². The average Bonchev–Trinajstić information content (AvgIpc) is 2.35. The van der Waals surface area contributed by atoms with E-state index in [-0.39, 0.29) is 17.9 Å². The van der Waals surface area contributed by atoms with Crippen LogP contribution in [0.3, 0.4) is 0 Å². The van der Waals surface area contributed by atoms with Crippen LogP contribution >= 0.6 is 0 Å². The lowest BCUT2D eigenvalue weighted by Crippen LogP contribution is -2.32. The quantitative estimate of drug-likeness (QED) is 0.795. The molecule has 4 nitrogen and oxygen atoms in total. The molecule has 0 N–H and O–H groups in total. The van der Waals surface area contributed by atoms with Crippen LogP contribution in [-0.2, 0) is 10.0 Å². The Morgan fingerprint density at radius 1 is 1.28 bits per heavy atom. The maximum atomic E-state index is 12.8. The van der Waals surface area contributed by atoms with Crippen LogP contribution in [0.2, 0.25) is 0 Å². The van der Waals surface area contributed by atoms with Crippen LogP contribution in [-0.4, -0.2) is 25.8 Å². The van der Waals surface area contributed by atoms with E-state index < -0.39 is 15.8 Å². The monoisotopic (exact) mass is 270 g/mol. The fourth-order valence-electron chi connectivity index (χ4n) is 1.53. The molecular weight excluding hydrogens is 255 g/mol. The normalized spacial score (nSPS) is 11.4. The lowest BCUT2D eigenvalue weighted by Gasteiger charge is -2.20. The van der Waals surface area contributed by atoms with Crippen molar-refractivity contribution in [2.24, 2.45) is 0 Å². The van der Waals surface area contributed by atoms with Gasteiger partial charge in [-0.2, -0.15) is 9.57 Å². The second-order valence-electron chi connectivity index (χ2n) is 3.77. The van der Waals surface area contributed by atoms with Gasteiger partial charge < -0.3 is 0 Å². The first-order chi connectivity index (χ1) is 8.52. The van der Waals surface area contributed by atoms with Gasteiger partial charge in [0.15, 0.2) is 0 Å². The Morgan fingerprint density at radius 3 is 2.39 bits per heavy atom. The molecule has 0 amide bonds. The van der Waals surface area contributed by atoms with Crippen LogP contribution in [0, 0.1) is 17.1 Å². The largest absolute Gasteiger partial charge is 0.243 e. The van der Waals surface area contributed by atoms with Gasteiger partial charge in [0.05, 0.1) is 11.0 Å². The highest BCUT2D eigenvalue weighted by Crippen LogP contribution is 2.16. The van der Waals surface area contributed by atoms with Crippen molar-refractivity contribution >= 4 is 10.0 Å². The number of halogens is 1. The lowest BCUT2D eigenvalue weighted by atomic mass is 10.4. The van der Waals surface area contributed by atoms with Gasteiger partial charge in [0.1, 0.15) is 5.82 Å². The number of nitrogens with zero attached hydrogens (tertiary/aromatic N) is 2. The Kier molecular flexibility index (Phi) is 5.25. The first kappa shape index (κ1) is 14.6. The summed E-state index contributed by atoms with van der Waals surface area (Å²) in [5.74, 6) is -0.479. The average molecular weight is 270 g/mol. The molecule has 0 saturated carbocycles. The minimum Gasteiger partial charge on any atom is -0.207 e. The molecule has 1 aromatic carbocycles. The van der Waals surface area contributed by atoms with Crippen molar-refractivity contribution in [2.45, 2.75) is 24.7 Å². The Morgan fingerprint density at radius 2 is 1.89 bits per heavy atom. The van der Waals surface area contributed by atoms with E-state index in [0.29, 0.717) is 13.0 Å². The molecule has 0 radical (unpaired) electrons. The highest BCUT2D eigenvalue weighted by atomic mass is 32.2. The minimum absolute atomic E-state index is 0.0512. The van der Waals surface area contributed by atoms with Crippen molar-refractivity contribution in [3.8, 4) is 6.07 Å². The third-order valence-corrected chi connectivity index (χ3v) is 4.31. The van der Waals surface area contributed by atoms with Crippen molar-refractivity contribution in [1.82, 2.24) is 4.31 Å². The molecule has 0 aliphatic carbocycles. The van der Waals surface area contributed by atoms with Gasteiger partial charge in [0, 0.05) is 19.5 Å². The zero-order valence-corrected chi connectivity index (χ0v) is 11.0. The first-order valence-corrected chi connectivity index (χ1v) is 7.09. The summed E-state index contributed by atoms with van der Waals surface area (Å²) in [5, 5.41) is 8.53. The van der Waals surface area contributed by atoms with Gasteiger partial charge in [-0.15, -0.1) is 0 Å². The second-order valence-corrected chi connectivity index (χ2v) is 5.70. The molecule has 0 unspecified atom stereocenters. The Hall–Kier alpha value is -1.45. The van der Waals surface area contributed by atoms with E-state index in [9.17, 15) is 12.8 Å². The van der Waals surface area contributed by atoms with Gasteiger partial charge in [-0.1, -0.05) is 6.92 Å². The second kappa shape index (κ2) is 6.47.